The SMILES string of the molecule is CN1CC=C(c2ccc(-c3nc4nccc(-c5ccc(CCC(=O)c6noc(C(C)(C)C)n6)c(F)c5)c4[nH]3)cc2)CC1. The molecule has 9 heteroatoms. The topological polar surface area (TPSA) is 101 Å². The number of hydrogen-bond donors (Lipinski definition) is 1. The Morgan fingerprint density at radius 3 is 2.50 bits per heavy atom. The molecule has 0 amide bonds. The number of halogens is 1. The molecule has 0 aliphatic carbocycles. The lowest BCUT2D eigenvalue weighted by molar-refractivity contribution is 0.0969. The van der Waals surface area contributed by atoms with Gasteiger partial charge in [0.2, 0.25) is 17.5 Å². The van der Waals surface area contributed by atoms with Crippen LogP contribution in [0.1, 0.15) is 61.2 Å². The van der Waals surface area contributed by atoms with Crippen molar-refractivity contribution in [2.24, 2.45) is 0 Å². The number of aromatic amines is 1. The van der Waals surface area contributed by atoms with Crippen molar-refractivity contribution in [1.29, 1.82) is 0 Å². The zero-order valence-electron chi connectivity index (χ0n) is 24.2. The van der Waals surface area contributed by atoms with Crippen LogP contribution in [0.2, 0.25) is 0 Å². The minimum absolute atomic E-state index is 0.0275. The van der Waals surface area contributed by atoms with E-state index in [0.717, 1.165) is 36.2 Å². The second-order valence-electron chi connectivity index (χ2n) is 11.9. The number of aryl methyl sites for hydroxylation is 1. The maximum Gasteiger partial charge on any atom is 0.238 e. The van der Waals surface area contributed by atoms with Crippen LogP contribution in [0, 0.1) is 5.82 Å². The van der Waals surface area contributed by atoms with Crippen molar-refractivity contribution in [3.05, 3.63) is 89.5 Å². The number of rotatable bonds is 7. The Morgan fingerprint density at radius 1 is 1.05 bits per heavy atom. The molecule has 42 heavy (non-hydrogen) atoms. The largest absolute Gasteiger partial charge is 0.338 e. The van der Waals surface area contributed by atoms with Gasteiger partial charge in [0.1, 0.15) is 11.6 Å². The monoisotopic (exact) mass is 564 g/mol. The summed E-state index contributed by atoms with van der Waals surface area (Å²) in [6.07, 6.45) is 5.31. The maximum atomic E-state index is 15.2. The molecule has 1 N–H and O–H groups in total. The molecule has 0 spiro atoms. The number of hydrogen-bond acceptors (Lipinski definition) is 7. The highest BCUT2D eigenvalue weighted by Crippen LogP contribution is 2.31. The van der Waals surface area contributed by atoms with Crippen LogP contribution < -0.4 is 0 Å². The Morgan fingerprint density at radius 2 is 1.81 bits per heavy atom. The summed E-state index contributed by atoms with van der Waals surface area (Å²) in [4.78, 5) is 31.7. The number of Topliss-reactive ketones (excluding diaryl/α,β-unsaturated/α-hetero) is 1. The lowest BCUT2D eigenvalue weighted by atomic mass is 9.97. The Bertz CT molecular complexity index is 1800. The fourth-order valence-corrected chi connectivity index (χ4v) is 5.08. The van der Waals surface area contributed by atoms with E-state index in [9.17, 15) is 4.79 Å². The van der Waals surface area contributed by atoms with Gasteiger partial charge < -0.3 is 14.4 Å². The Kier molecular flexibility index (Phi) is 7.28. The zero-order chi connectivity index (χ0) is 29.4. The molecule has 0 fully saturated rings. The van der Waals surface area contributed by atoms with Gasteiger partial charge in [-0.2, -0.15) is 4.98 Å². The first-order valence-corrected chi connectivity index (χ1v) is 14.1. The van der Waals surface area contributed by atoms with Crippen molar-refractivity contribution < 1.29 is 13.7 Å². The van der Waals surface area contributed by atoms with Crippen LogP contribution >= 0.6 is 0 Å². The zero-order valence-corrected chi connectivity index (χ0v) is 24.2. The van der Waals surface area contributed by atoms with Gasteiger partial charge in [0.25, 0.3) is 0 Å². The smallest absolute Gasteiger partial charge is 0.238 e. The molecule has 0 atom stereocenters. The molecule has 8 nitrogen and oxygen atoms in total. The van der Waals surface area contributed by atoms with Crippen LogP contribution in [0.3, 0.4) is 0 Å². The Balaban J connectivity index is 1.19. The average Bonchev–Trinajstić information content (AvgIpc) is 3.65. The normalized spacial score (nSPS) is 14.4. The summed E-state index contributed by atoms with van der Waals surface area (Å²) in [5.41, 5.74) is 6.45. The second-order valence-corrected chi connectivity index (χ2v) is 11.9. The van der Waals surface area contributed by atoms with Crippen LogP contribution in [-0.4, -0.2) is 55.9 Å². The van der Waals surface area contributed by atoms with Gasteiger partial charge in [0.05, 0.1) is 5.52 Å². The van der Waals surface area contributed by atoms with Gasteiger partial charge in [0, 0.05) is 42.2 Å². The third kappa shape index (κ3) is 5.65. The van der Waals surface area contributed by atoms with E-state index in [0.29, 0.717) is 28.5 Å². The van der Waals surface area contributed by atoms with Crippen LogP contribution in [0.4, 0.5) is 4.39 Å². The molecule has 4 heterocycles. The summed E-state index contributed by atoms with van der Waals surface area (Å²) in [5.74, 6) is 0.469. The van der Waals surface area contributed by atoms with Crippen LogP contribution in [0.5, 0.6) is 0 Å². The van der Waals surface area contributed by atoms with Crippen LogP contribution in [0.15, 0.2) is 65.3 Å². The van der Waals surface area contributed by atoms with Crippen molar-refractivity contribution in [3.63, 3.8) is 0 Å². The number of fused-ring (bicyclic) bond motifs is 1. The number of aromatic nitrogens is 5. The van der Waals surface area contributed by atoms with E-state index in [1.54, 1.807) is 12.3 Å². The second kappa shape index (κ2) is 11.1. The molecule has 214 valence electrons. The number of benzene rings is 2. The van der Waals surface area contributed by atoms with Crippen LogP contribution in [0.25, 0.3) is 39.3 Å². The number of carbonyl (C=O) groups excluding carboxylic acids is 1. The lowest BCUT2D eigenvalue weighted by Gasteiger charge is -2.22. The number of carbonyl (C=O) groups is 1. The molecule has 0 saturated carbocycles. The molecule has 2 aromatic carbocycles. The van der Waals surface area contributed by atoms with E-state index >= 15 is 4.39 Å². The molecule has 0 saturated heterocycles. The van der Waals surface area contributed by atoms with E-state index in [-0.39, 0.29) is 35.7 Å². The van der Waals surface area contributed by atoms with Crippen molar-refractivity contribution in [2.45, 2.75) is 45.4 Å². The number of nitrogens with zero attached hydrogens (tertiary/aromatic N) is 5. The van der Waals surface area contributed by atoms with E-state index < -0.39 is 0 Å². The predicted molar refractivity (Wildman–Crippen MR) is 160 cm³/mol. The number of imidazole rings is 1. The summed E-state index contributed by atoms with van der Waals surface area (Å²) in [7, 11) is 2.13. The highest BCUT2D eigenvalue weighted by atomic mass is 19.1. The van der Waals surface area contributed by atoms with Gasteiger partial charge in [-0.15, -0.1) is 0 Å². The standard InChI is InChI=1S/C33H33FN6O2/c1-33(2,3)32-38-30(39-42-32)27(41)12-11-22-7-10-24(19-26(22)34)25-13-16-35-31-28(25)36-29(37-31)23-8-5-20(6-9-23)21-14-17-40(4)18-15-21/h5-10,13-14,16,19H,11-12,15,17-18H2,1-4H3,(H,35,36,37). The molecular weight excluding hydrogens is 531 g/mol. The first-order valence-electron chi connectivity index (χ1n) is 14.1. The Hall–Kier alpha value is -4.50. The first-order chi connectivity index (χ1) is 20.2. The number of likely N-dealkylation sites (N-methyl/N-ethyl adjacent to an activating group) is 1. The fraction of sp³-hybridized carbons (Fsp3) is 0.303. The third-order valence-corrected chi connectivity index (χ3v) is 7.64. The molecule has 0 radical (unpaired) electrons. The Labute approximate surface area is 243 Å². The number of nitrogens with one attached hydrogen (secondary N) is 1. The molecule has 5 aromatic rings. The van der Waals surface area contributed by atoms with Crippen molar-refractivity contribution >= 4 is 22.5 Å². The third-order valence-electron chi connectivity index (χ3n) is 7.64. The quantitative estimate of drug-likeness (QED) is 0.221. The minimum atomic E-state index is -0.382. The van der Waals surface area contributed by atoms with Crippen LogP contribution in [-0.2, 0) is 11.8 Å². The molecule has 0 unspecified atom stereocenters. The highest BCUT2D eigenvalue weighted by molar-refractivity contribution is 5.93. The van der Waals surface area contributed by atoms with Crippen molar-refractivity contribution in [3.8, 4) is 22.5 Å². The summed E-state index contributed by atoms with van der Waals surface area (Å²) < 4.78 is 20.4. The molecule has 6 rings (SSSR count). The number of ketones is 1. The number of H-pyrrole nitrogens is 1. The summed E-state index contributed by atoms with van der Waals surface area (Å²) in [6, 6.07) is 15.3. The van der Waals surface area contributed by atoms with E-state index in [2.05, 4.69) is 62.4 Å². The van der Waals surface area contributed by atoms with E-state index in [4.69, 9.17) is 9.51 Å². The molecule has 1 aliphatic rings. The van der Waals surface area contributed by atoms with E-state index in [1.165, 1.54) is 17.2 Å². The fourth-order valence-electron chi connectivity index (χ4n) is 5.08. The molecule has 0 bridgehead atoms. The van der Waals surface area contributed by atoms with E-state index in [1.807, 2.05) is 32.9 Å². The predicted octanol–water partition coefficient (Wildman–Crippen LogP) is 6.65. The van der Waals surface area contributed by atoms with Gasteiger partial charge in [-0.25, -0.2) is 14.4 Å². The van der Waals surface area contributed by atoms with Crippen molar-refractivity contribution in [2.75, 3.05) is 20.1 Å². The lowest BCUT2D eigenvalue weighted by Crippen LogP contribution is -2.23. The summed E-state index contributed by atoms with van der Waals surface area (Å²) in [5, 5.41) is 3.80. The summed E-state index contributed by atoms with van der Waals surface area (Å²) in [6.45, 7) is 7.81. The van der Waals surface area contributed by atoms with Gasteiger partial charge >= 0.3 is 0 Å². The molecule has 1 aliphatic heterocycles. The first kappa shape index (κ1) is 27.7. The van der Waals surface area contributed by atoms with Crippen molar-refractivity contribution in [1.82, 2.24) is 30.0 Å². The van der Waals surface area contributed by atoms with Gasteiger partial charge in [-0.05, 0) is 54.3 Å². The highest BCUT2D eigenvalue weighted by Gasteiger charge is 2.24. The molecule has 3 aromatic heterocycles. The minimum Gasteiger partial charge on any atom is -0.338 e. The average molecular weight is 565 g/mol. The van der Waals surface area contributed by atoms with Gasteiger partial charge in [-0.1, -0.05) is 68.4 Å². The molecular formula is C33H33FN6O2. The van der Waals surface area contributed by atoms with Gasteiger partial charge in [0.15, 0.2) is 5.65 Å². The van der Waals surface area contributed by atoms with Gasteiger partial charge in [-0.3, -0.25) is 4.79 Å². The maximum absolute atomic E-state index is 15.2. The summed E-state index contributed by atoms with van der Waals surface area (Å²) >= 11 is 0. The number of pyridine rings is 1.